The Morgan fingerprint density at radius 1 is 1.20 bits per heavy atom. The van der Waals surface area contributed by atoms with Gasteiger partial charge in [-0.2, -0.15) is 0 Å². The lowest BCUT2D eigenvalue weighted by Crippen LogP contribution is -2.29. The van der Waals surface area contributed by atoms with Gasteiger partial charge >= 0.3 is 0 Å². The average Bonchev–Trinajstić information content (AvgIpc) is 2.35. The van der Waals surface area contributed by atoms with Crippen molar-refractivity contribution < 1.29 is 4.74 Å². The molecule has 1 aromatic rings. The smallest absolute Gasteiger partial charge is 0.232 e. The SMILES string of the molecule is CC1CC(C)CC(Oc2cncc(CNC(C)C)n2)C1. The van der Waals surface area contributed by atoms with Crippen LogP contribution in [0.3, 0.4) is 0 Å². The molecule has 1 saturated carbocycles. The molecule has 1 heterocycles. The zero-order chi connectivity index (χ0) is 14.5. The first-order valence-corrected chi connectivity index (χ1v) is 7.74. The van der Waals surface area contributed by atoms with E-state index in [0.717, 1.165) is 36.9 Å². The average molecular weight is 277 g/mol. The Morgan fingerprint density at radius 3 is 2.55 bits per heavy atom. The summed E-state index contributed by atoms with van der Waals surface area (Å²) < 4.78 is 6.04. The molecule has 0 amide bonds. The zero-order valence-electron chi connectivity index (χ0n) is 13.1. The van der Waals surface area contributed by atoms with Crippen LogP contribution in [-0.4, -0.2) is 22.1 Å². The molecule has 2 unspecified atom stereocenters. The molecule has 1 N–H and O–H groups in total. The van der Waals surface area contributed by atoms with E-state index in [4.69, 9.17) is 4.74 Å². The van der Waals surface area contributed by atoms with Crippen LogP contribution in [0.5, 0.6) is 5.88 Å². The highest BCUT2D eigenvalue weighted by Gasteiger charge is 2.25. The minimum Gasteiger partial charge on any atom is -0.473 e. The summed E-state index contributed by atoms with van der Waals surface area (Å²) in [6.07, 6.45) is 7.37. The number of aromatic nitrogens is 2. The quantitative estimate of drug-likeness (QED) is 0.898. The maximum Gasteiger partial charge on any atom is 0.232 e. The Morgan fingerprint density at radius 2 is 1.90 bits per heavy atom. The standard InChI is InChI=1S/C16H27N3O/c1-11(2)18-9-14-8-17-10-16(19-14)20-15-6-12(3)5-13(4)7-15/h8,10-13,15,18H,5-7,9H2,1-4H3. The fourth-order valence-electron chi connectivity index (χ4n) is 2.98. The van der Waals surface area contributed by atoms with Gasteiger partial charge in [-0.25, -0.2) is 4.98 Å². The summed E-state index contributed by atoms with van der Waals surface area (Å²) in [6, 6.07) is 0.446. The molecule has 4 heteroatoms. The second-order valence-corrected chi connectivity index (χ2v) is 6.54. The molecule has 1 fully saturated rings. The Bertz CT molecular complexity index is 412. The van der Waals surface area contributed by atoms with E-state index in [1.807, 2.05) is 0 Å². The normalized spacial score (nSPS) is 26.8. The van der Waals surface area contributed by atoms with Crippen molar-refractivity contribution in [2.45, 2.75) is 65.6 Å². The largest absolute Gasteiger partial charge is 0.473 e. The van der Waals surface area contributed by atoms with Gasteiger partial charge in [-0.1, -0.05) is 27.7 Å². The van der Waals surface area contributed by atoms with Crippen LogP contribution < -0.4 is 10.1 Å². The molecule has 20 heavy (non-hydrogen) atoms. The van der Waals surface area contributed by atoms with Crippen LogP contribution in [0, 0.1) is 11.8 Å². The van der Waals surface area contributed by atoms with Gasteiger partial charge in [-0.3, -0.25) is 4.98 Å². The maximum absolute atomic E-state index is 6.04. The molecule has 1 aromatic heterocycles. The molecular formula is C16H27N3O. The molecule has 4 nitrogen and oxygen atoms in total. The molecule has 0 bridgehead atoms. The van der Waals surface area contributed by atoms with Crippen molar-refractivity contribution in [1.29, 1.82) is 0 Å². The molecule has 0 radical (unpaired) electrons. The number of nitrogens with zero attached hydrogens (tertiary/aromatic N) is 2. The summed E-state index contributed by atoms with van der Waals surface area (Å²) in [5.74, 6) is 2.14. The lowest BCUT2D eigenvalue weighted by molar-refractivity contribution is 0.0960. The fraction of sp³-hybridized carbons (Fsp3) is 0.750. The third kappa shape index (κ3) is 4.75. The highest BCUT2D eigenvalue weighted by molar-refractivity contribution is 5.09. The molecule has 112 valence electrons. The second-order valence-electron chi connectivity index (χ2n) is 6.54. The van der Waals surface area contributed by atoms with Crippen LogP contribution in [0.15, 0.2) is 12.4 Å². The Hall–Kier alpha value is -1.16. The van der Waals surface area contributed by atoms with Gasteiger partial charge in [0.1, 0.15) is 6.10 Å². The molecule has 0 aromatic carbocycles. The summed E-state index contributed by atoms with van der Waals surface area (Å²) in [5.41, 5.74) is 0.938. The maximum atomic E-state index is 6.04. The van der Waals surface area contributed by atoms with E-state index >= 15 is 0 Å². The molecule has 2 atom stereocenters. The highest BCUT2D eigenvalue weighted by Crippen LogP contribution is 2.30. The predicted octanol–water partition coefficient (Wildman–Crippen LogP) is 3.18. The Labute approximate surface area is 122 Å². The summed E-state index contributed by atoms with van der Waals surface area (Å²) >= 11 is 0. The summed E-state index contributed by atoms with van der Waals surface area (Å²) in [7, 11) is 0. The number of ether oxygens (including phenoxy) is 1. The molecule has 2 rings (SSSR count). The van der Waals surface area contributed by atoms with Gasteiger partial charge in [-0.05, 0) is 31.1 Å². The Balaban J connectivity index is 1.93. The minimum absolute atomic E-state index is 0.288. The first kappa shape index (κ1) is 15.2. The molecular weight excluding hydrogens is 250 g/mol. The van der Waals surface area contributed by atoms with Crippen LogP contribution in [-0.2, 0) is 6.54 Å². The van der Waals surface area contributed by atoms with Crippen LogP contribution in [0.1, 0.15) is 52.7 Å². The van der Waals surface area contributed by atoms with Crippen molar-refractivity contribution in [2.24, 2.45) is 11.8 Å². The topological polar surface area (TPSA) is 47.0 Å². The van der Waals surface area contributed by atoms with Crippen molar-refractivity contribution in [3.8, 4) is 5.88 Å². The monoisotopic (exact) mass is 277 g/mol. The van der Waals surface area contributed by atoms with Crippen molar-refractivity contribution in [3.63, 3.8) is 0 Å². The summed E-state index contributed by atoms with van der Waals surface area (Å²) in [6.45, 7) is 9.60. The van der Waals surface area contributed by atoms with Crippen molar-refractivity contribution in [1.82, 2.24) is 15.3 Å². The van der Waals surface area contributed by atoms with Gasteiger partial charge in [-0.15, -0.1) is 0 Å². The van der Waals surface area contributed by atoms with E-state index in [1.165, 1.54) is 6.42 Å². The number of hydrogen-bond acceptors (Lipinski definition) is 4. The van der Waals surface area contributed by atoms with E-state index in [1.54, 1.807) is 12.4 Å². The van der Waals surface area contributed by atoms with Gasteiger partial charge in [0, 0.05) is 18.8 Å². The first-order chi connectivity index (χ1) is 9.52. The fourth-order valence-corrected chi connectivity index (χ4v) is 2.98. The summed E-state index contributed by atoms with van der Waals surface area (Å²) in [4.78, 5) is 8.78. The lowest BCUT2D eigenvalue weighted by Gasteiger charge is -2.31. The predicted molar refractivity (Wildman–Crippen MR) is 80.6 cm³/mol. The number of rotatable bonds is 5. The zero-order valence-corrected chi connectivity index (χ0v) is 13.1. The van der Waals surface area contributed by atoms with Gasteiger partial charge in [0.25, 0.3) is 0 Å². The minimum atomic E-state index is 0.288. The van der Waals surface area contributed by atoms with Crippen molar-refractivity contribution >= 4 is 0 Å². The van der Waals surface area contributed by atoms with Crippen LogP contribution in [0.2, 0.25) is 0 Å². The van der Waals surface area contributed by atoms with Crippen molar-refractivity contribution in [3.05, 3.63) is 18.1 Å². The van der Waals surface area contributed by atoms with E-state index in [0.29, 0.717) is 11.9 Å². The third-order valence-corrected chi connectivity index (χ3v) is 3.78. The summed E-state index contributed by atoms with van der Waals surface area (Å²) in [5, 5.41) is 3.35. The van der Waals surface area contributed by atoms with Crippen molar-refractivity contribution in [2.75, 3.05) is 0 Å². The molecule has 0 saturated heterocycles. The lowest BCUT2D eigenvalue weighted by atomic mass is 9.82. The van der Waals surface area contributed by atoms with Gasteiger partial charge in [0.05, 0.1) is 11.9 Å². The van der Waals surface area contributed by atoms with E-state index in [-0.39, 0.29) is 6.10 Å². The van der Waals surface area contributed by atoms with E-state index in [2.05, 4.69) is 43.0 Å². The third-order valence-electron chi connectivity index (χ3n) is 3.78. The van der Waals surface area contributed by atoms with Gasteiger partial charge in [0.15, 0.2) is 0 Å². The van der Waals surface area contributed by atoms with Crippen LogP contribution in [0.25, 0.3) is 0 Å². The van der Waals surface area contributed by atoms with Gasteiger partial charge in [0.2, 0.25) is 5.88 Å². The Kier molecular flexibility index (Phi) is 5.35. The first-order valence-electron chi connectivity index (χ1n) is 7.74. The molecule has 1 aliphatic rings. The molecule has 0 spiro atoms. The van der Waals surface area contributed by atoms with Crippen LogP contribution in [0.4, 0.5) is 0 Å². The van der Waals surface area contributed by atoms with Crippen LogP contribution >= 0.6 is 0 Å². The number of hydrogen-bond donors (Lipinski definition) is 1. The number of nitrogens with one attached hydrogen (secondary N) is 1. The van der Waals surface area contributed by atoms with E-state index in [9.17, 15) is 0 Å². The molecule has 0 aliphatic heterocycles. The van der Waals surface area contributed by atoms with E-state index < -0.39 is 0 Å². The molecule has 1 aliphatic carbocycles. The second kappa shape index (κ2) is 7.02. The van der Waals surface area contributed by atoms with Gasteiger partial charge < -0.3 is 10.1 Å². The highest BCUT2D eigenvalue weighted by atomic mass is 16.5.